The van der Waals surface area contributed by atoms with Gasteiger partial charge >= 0.3 is 5.97 Å². The minimum atomic E-state index is -3.83. The van der Waals surface area contributed by atoms with Crippen molar-refractivity contribution in [1.29, 1.82) is 0 Å². The fourth-order valence-electron chi connectivity index (χ4n) is 2.70. The highest BCUT2D eigenvalue weighted by Gasteiger charge is 2.44. The van der Waals surface area contributed by atoms with Crippen molar-refractivity contribution in [2.45, 2.75) is 17.4 Å². The van der Waals surface area contributed by atoms with Crippen molar-refractivity contribution >= 4 is 33.3 Å². The number of rotatable bonds is 3. The molecule has 3 rings (SSSR count). The first-order valence-corrected chi connectivity index (χ1v) is 8.34. The second kappa shape index (κ2) is 5.30. The lowest BCUT2D eigenvalue weighted by Gasteiger charge is -2.24. The molecule has 7 heteroatoms. The maximum absolute atomic E-state index is 12.8. The van der Waals surface area contributed by atoms with Gasteiger partial charge in [0, 0.05) is 10.6 Å². The molecule has 0 aromatic heterocycles. The van der Waals surface area contributed by atoms with E-state index >= 15 is 0 Å². The van der Waals surface area contributed by atoms with E-state index in [0.29, 0.717) is 11.3 Å². The van der Waals surface area contributed by atoms with Crippen LogP contribution < -0.4 is 4.31 Å². The molecule has 1 unspecified atom stereocenters. The van der Waals surface area contributed by atoms with Crippen molar-refractivity contribution in [3.63, 3.8) is 0 Å². The molecule has 0 saturated carbocycles. The van der Waals surface area contributed by atoms with Crippen LogP contribution in [-0.4, -0.2) is 19.5 Å². The highest BCUT2D eigenvalue weighted by atomic mass is 35.5. The molecule has 0 saturated heterocycles. The maximum Gasteiger partial charge on any atom is 0.305 e. The number of halogens is 1. The smallest absolute Gasteiger partial charge is 0.305 e. The number of sulfonamides is 1. The van der Waals surface area contributed by atoms with Crippen molar-refractivity contribution in [2.24, 2.45) is 0 Å². The molecule has 1 aliphatic heterocycles. The van der Waals surface area contributed by atoms with Crippen molar-refractivity contribution in [2.75, 3.05) is 4.31 Å². The molecule has 2 aromatic rings. The summed E-state index contributed by atoms with van der Waals surface area (Å²) in [5.74, 6) is -1.09. The summed E-state index contributed by atoms with van der Waals surface area (Å²) in [6, 6.07) is 12.1. The van der Waals surface area contributed by atoms with E-state index in [4.69, 9.17) is 16.7 Å². The van der Waals surface area contributed by atoms with Crippen LogP contribution in [0.2, 0.25) is 5.02 Å². The fraction of sp³-hybridized carbons (Fsp3) is 0.133. The molecule has 1 atom stereocenters. The molecule has 1 heterocycles. The summed E-state index contributed by atoms with van der Waals surface area (Å²) in [5.41, 5.74) is 0.761. The summed E-state index contributed by atoms with van der Waals surface area (Å²) in [6.45, 7) is 0. The Labute approximate surface area is 132 Å². The van der Waals surface area contributed by atoms with Crippen LogP contribution >= 0.6 is 11.6 Å². The third-order valence-corrected chi connectivity index (χ3v) is 5.77. The maximum atomic E-state index is 12.8. The Morgan fingerprint density at radius 1 is 1.14 bits per heavy atom. The number of anilines is 1. The second-order valence-electron chi connectivity index (χ2n) is 4.90. The summed E-state index contributed by atoms with van der Waals surface area (Å²) in [7, 11) is -3.83. The number of hydrogen-bond donors (Lipinski definition) is 1. The van der Waals surface area contributed by atoms with Gasteiger partial charge in [-0.05, 0) is 24.3 Å². The number of carbonyl (C=O) groups is 1. The first-order chi connectivity index (χ1) is 10.4. The molecule has 2 aromatic carbocycles. The molecule has 5 nitrogen and oxygen atoms in total. The lowest BCUT2D eigenvalue weighted by molar-refractivity contribution is -0.137. The SMILES string of the molecule is O=C(O)CC1c2c(Cl)cccc2S(=O)(=O)N1c1ccccc1. The van der Waals surface area contributed by atoms with Gasteiger partial charge in [0.15, 0.2) is 0 Å². The van der Waals surface area contributed by atoms with Gasteiger partial charge < -0.3 is 5.11 Å². The molecule has 22 heavy (non-hydrogen) atoms. The standard InChI is InChI=1S/C15H12ClNO4S/c16-11-7-4-8-13-15(11)12(9-14(18)19)17(22(13,20)21)10-5-2-1-3-6-10/h1-8,12H,9H2,(H,18,19). The van der Waals surface area contributed by atoms with Crippen molar-refractivity contribution < 1.29 is 18.3 Å². The minimum absolute atomic E-state index is 0.0649. The Morgan fingerprint density at radius 3 is 2.45 bits per heavy atom. The first-order valence-electron chi connectivity index (χ1n) is 6.52. The molecule has 0 aliphatic carbocycles. The second-order valence-corrected chi connectivity index (χ2v) is 7.09. The van der Waals surface area contributed by atoms with Crippen LogP contribution in [-0.2, 0) is 14.8 Å². The van der Waals surface area contributed by atoms with E-state index in [1.54, 1.807) is 42.5 Å². The van der Waals surface area contributed by atoms with Gasteiger partial charge in [0.05, 0.1) is 23.0 Å². The number of para-hydroxylation sites is 1. The number of hydrogen-bond acceptors (Lipinski definition) is 3. The number of carboxylic acid groups (broad SMARTS) is 1. The largest absolute Gasteiger partial charge is 0.481 e. The highest BCUT2D eigenvalue weighted by molar-refractivity contribution is 7.93. The Morgan fingerprint density at radius 2 is 1.82 bits per heavy atom. The number of benzene rings is 2. The Bertz CT molecular complexity index is 836. The van der Waals surface area contributed by atoms with Crippen LogP contribution in [0.3, 0.4) is 0 Å². The molecular weight excluding hydrogens is 326 g/mol. The van der Waals surface area contributed by atoms with E-state index in [1.165, 1.54) is 6.07 Å². The van der Waals surface area contributed by atoms with Crippen LogP contribution in [0.4, 0.5) is 5.69 Å². The summed E-state index contributed by atoms with van der Waals surface area (Å²) in [4.78, 5) is 11.3. The van der Waals surface area contributed by atoms with Gasteiger partial charge in [-0.15, -0.1) is 0 Å². The van der Waals surface area contributed by atoms with E-state index in [2.05, 4.69) is 0 Å². The Hall–Kier alpha value is -2.05. The first kappa shape index (κ1) is 14.9. The third kappa shape index (κ3) is 2.24. The van der Waals surface area contributed by atoms with E-state index in [1.807, 2.05) is 0 Å². The third-order valence-electron chi connectivity index (χ3n) is 3.54. The van der Waals surface area contributed by atoms with Crippen molar-refractivity contribution in [3.8, 4) is 0 Å². The van der Waals surface area contributed by atoms with E-state index in [-0.39, 0.29) is 16.3 Å². The predicted molar refractivity (Wildman–Crippen MR) is 82.6 cm³/mol. The summed E-state index contributed by atoms with van der Waals surface area (Å²) in [5, 5.41) is 9.42. The Balaban J connectivity index is 2.25. The normalized spacial score (nSPS) is 19.0. The summed E-state index contributed by atoms with van der Waals surface area (Å²) < 4.78 is 26.7. The number of fused-ring (bicyclic) bond motifs is 1. The molecule has 0 fully saturated rings. The van der Waals surface area contributed by atoms with Gasteiger partial charge in [0.1, 0.15) is 0 Å². The molecule has 1 N–H and O–H groups in total. The fourth-order valence-corrected chi connectivity index (χ4v) is 4.96. The minimum Gasteiger partial charge on any atom is -0.481 e. The molecule has 0 radical (unpaired) electrons. The van der Waals surface area contributed by atoms with Crippen LogP contribution in [0.1, 0.15) is 18.0 Å². The monoisotopic (exact) mass is 337 g/mol. The zero-order valence-corrected chi connectivity index (χ0v) is 12.9. The lowest BCUT2D eigenvalue weighted by atomic mass is 10.0. The van der Waals surface area contributed by atoms with Gasteiger partial charge in [-0.3, -0.25) is 9.10 Å². The zero-order valence-electron chi connectivity index (χ0n) is 11.3. The van der Waals surface area contributed by atoms with Gasteiger partial charge in [-0.2, -0.15) is 0 Å². The van der Waals surface area contributed by atoms with Gasteiger partial charge in [-0.1, -0.05) is 35.9 Å². The van der Waals surface area contributed by atoms with Crippen molar-refractivity contribution in [1.82, 2.24) is 0 Å². The van der Waals surface area contributed by atoms with Crippen LogP contribution in [0.5, 0.6) is 0 Å². The van der Waals surface area contributed by atoms with Gasteiger partial charge in [0.2, 0.25) is 0 Å². The molecular formula is C15H12ClNO4S. The molecule has 114 valence electrons. The predicted octanol–water partition coefficient (Wildman–Crippen LogP) is 3.06. The molecule has 0 amide bonds. The molecule has 1 aliphatic rings. The molecule has 0 bridgehead atoms. The van der Waals surface area contributed by atoms with Crippen molar-refractivity contribution in [3.05, 3.63) is 59.1 Å². The van der Waals surface area contributed by atoms with Gasteiger partial charge in [-0.25, -0.2) is 8.42 Å². The van der Waals surface area contributed by atoms with E-state index in [9.17, 15) is 13.2 Å². The van der Waals surface area contributed by atoms with Crippen LogP contribution in [0, 0.1) is 0 Å². The molecule has 0 spiro atoms. The summed E-state index contributed by atoms with van der Waals surface area (Å²) in [6.07, 6.45) is -0.356. The topological polar surface area (TPSA) is 74.7 Å². The quantitative estimate of drug-likeness (QED) is 0.934. The number of carboxylic acids is 1. The zero-order chi connectivity index (χ0) is 15.9. The van der Waals surface area contributed by atoms with Crippen LogP contribution in [0.15, 0.2) is 53.4 Å². The number of nitrogens with zero attached hydrogens (tertiary/aromatic N) is 1. The van der Waals surface area contributed by atoms with E-state index in [0.717, 1.165) is 4.31 Å². The Kier molecular flexibility index (Phi) is 3.58. The highest BCUT2D eigenvalue weighted by Crippen LogP contribution is 2.46. The van der Waals surface area contributed by atoms with Crippen LogP contribution in [0.25, 0.3) is 0 Å². The summed E-state index contributed by atoms with van der Waals surface area (Å²) >= 11 is 6.14. The lowest BCUT2D eigenvalue weighted by Crippen LogP contribution is -2.29. The van der Waals surface area contributed by atoms with Gasteiger partial charge in [0.25, 0.3) is 10.0 Å². The average Bonchev–Trinajstić information content (AvgIpc) is 2.68. The average molecular weight is 338 g/mol. The number of aliphatic carboxylic acids is 1. The van der Waals surface area contributed by atoms with E-state index < -0.39 is 22.0 Å².